The highest BCUT2D eigenvalue weighted by Crippen LogP contribution is 2.27. The molecule has 0 atom stereocenters. The van der Waals surface area contributed by atoms with Crippen LogP contribution in [0.5, 0.6) is 5.75 Å². The Morgan fingerprint density at radius 3 is 2.56 bits per heavy atom. The third-order valence-electron chi connectivity index (χ3n) is 2.57. The smallest absolute Gasteiger partial charge is 0.119 e. The zero-order valence-corrected chi connectivity index (χ0v) is 11.5. The molecule has 0 aliphatic rings. The van der Waals surface area contributed by atoms with Crippen LogP contribution in [-0.2, 0) is 0 Å². The molecule has 2 heteroatoms. The highest BCUT2D eigenvalue weighted by Gasteiger charge is 2.03. The molecule has 0 spiro atoms. The highest BCUT2D eigenvalue weighted by molar-refractivity contribution is 14.1. The summed E-state index contributed by atoms with van der Waals surface area (Å²) in [5.74, 6) is 0.899. The fraction of sp³-hybridized carbons (Fsp3) is 0.143. The van der Waals surface area contributed by atoms with E-state index in [0.717, 1.165) is 5.75 Å². The molecule has 2 aromatic rings. The van der Waals surface area contributed by atoms with Gasteiger partial charge in [-0.05, 0) is 70.5 Å². The molecule has 0 N–H and O–H groups in total. The Labute approximate surface area is 110 Å². The molecular weight excluding hydrogens is 311 g/mol. The van der Waals surface area contributed by atoms with Crippen molar-refractivity contribution in [2.24, 2.45) is 0 Å². The van der Waals surface area contributed by atoms with Gasteiger partial charge in [0.25, 0.3) is 0 Å². The molecule has 2 rings (SSSR count). The molecule has 16 heavy (non-hydrogen) atoms. The molecular formula is C14H13IO. The average Bonchev–Trinajstić information content (AvgIpc) is 2.29. The molecule has 0 fully saturated rings. The van der Waals surface area contributed by atoms with Crippen LogP contribution in [0.2, 0.25) is 0 Å². The van der Waals surface area contributed by atoms with Crippen molar-refractivity contribution in [3.05, 3.63) is 51.6 Å². The average molecular weight is 324 g/mol. The van der Waals surface area contributed by atoms with Crippen LogP contribution in [0, 0.1) is 10.5 Å². The second kappa shape index (κ2) is 4.87. The van der Waals surface area contributed by atoms with E-state index >= 15 is 0 Å². The maximum atomic E-state index is 5.24. The van der Waals surface area contributed by atoms with Crippen molar-refractivity contribution in [1.29, 1.82) is 0 Å². The third-order valence-corrected chi connectivity index (χ3v) is 3.24. The van der Waals surface area contributed by atoms with Gasteiger partial charge in [-0.1, -0.05) is 18.2 Å². The Bertz CT molecular complexity index is 506. The number of hydrogen-bond donors (Lipinski definition) is 0. The number of methoxy groups -OCH3 is 1. The Balaban J connectivity index is 2.49. The lowest BCUT2D eigenvalue weighted by Gasteiger charge is -2.08. The first-order valence-corrected chi connectivity index (χ1v) is 6.19. The number of hydrogen-bond acceptors (Lipinski definition) is 1. The molecule has 0 saturated heterocycles. The normalized spacial score (nSPS) is 10.2. The zero-order chi connectivity index (χ0) is 11.5. The fourth-order valence-corrected chi connectivity index (χ4v) is 2.39. The minimum absolute atomic E-state index is 0.899. The second-order valence-corrected chi connectivity index (χ2v) is 4.94. The maximum Gasteiger partial charge on any atom is 0.119 e. The molecule has 0 amide bonds. The fourth-order valence-electron chi connectivity index (χ4n) is 1.74. The minimum Gasteiger partial charge on any atom is -0.497 e. The standard InChI is InChI=1S/C14H13IO/c1-10-8-12(15)6-7-14(10)11-4-3-5-13(9-11)16-2/h3-9H,1-2H3. The molecule has 1 nitrogen and oxygen atoms in total. The second-order valence-electron chi connectivity index (χ2n) is 3.69. The Morgan fingerprint density at radius 2 is 1.88 bits per heavy atom. The topological polar surface area (TPSA) is 9.23 Å². The van der Waals surface area contributed by atoms with Crippen molar-refractivity contribution in [3.8, 4) is 16.9 Å². The Morgan fingerprint density at radius 1 is 1.06 bits per heavy atom. The maximum absolute atomic E-state index is 5.24. The summed E-state index contributed by atoms with van der Waals surface area (Å²) in [5, 5.41) is 0. The number of ether oxygens (including phenoxy) is 1. The van der Waals surface area contributed by atoms with Crippen molar-refractivity contribution in [1.82, 2.24) is 0 Å². The Hall–Kier alpha value is -1.03. The third kappa shape index (κ3) is 2.38. The molecule has 0 aliphatic carbocycles. The first kappa shape index (κ1) is 11.5. The number of benzene rings is 2. The summed E-state index contributed by atoms with van der Waals surface area (Å²) in [5.41, 5.74) is 3.76. The van der Waals surface area contributed by atoms with Crippen LogP contribution in [0.15, 0.2) is 42.5 Å². The monoisotopic (exact) mass is 324 g/mol. The molecule has 0 bridgehead atoms. The van der Waals surface area contributed by atoms with Gasteiger partial charge in [-0.2, -0.15) is 0 Å². The van der Waals surface area contributed by atoms with Gasteiger partial charge in [-0.3, -0.25) is 0 Å². The van der Waals surface area contributed by atoms with Crippen LogP contribution in [0.3, 0.4) is 0 Å². The van der Waals surface area contributed by atoms with E-state index in [0.29, 0.717) is 0 Å². The van der Waals surface area contributed by atoms with Crippen molar-refractivity contribution in [2.75, 3.05) is 7.11 Å². The van der Waals surface area contributed by atoms with Crippen LogP contribution in [0.4, 0.5) is 0 Å². The SMILES string of the molecule is COc1cccc(-c2ccc(I)cc2C)c1. The first-order valence-electron chi connectivity index (χ1n) is 5.11. The predicted molar refractivity (Wildman–Crippen MR) is 75.9 cm³/mol. The molecule has 0 unspecified atom stereocenters. The van der Waals surface area contributed by atoms with Crippen LogP contribution in [0.1, 0.15) is 5.56 Å². The van der Waals surface area contributed by atoms with E-state index in [4.69, 9.17) is 4.74 Å². The largest absolute Gasteiger partial charge is 0.497 e. The van der Waals surface area contributed by atoms with Gasteiger partial charge in [0.2, 0.25) is 0 Å². The lowest BCUT2D eigenvalue weighted by molar-refractivity contribution is 0.415. The predicted octanol–water partition coefficient (Wildman–Crippen LogP) is 4.28. The van der Waals surface area contributed by atoms with Crippen molar-refractivity contribution in [3.63, 3.8) is 0 Å². The van der Waals surface area contributed by atoms with Crippen LogP contribution in [0.25, 0.3) is 11.1 Å². The molecule has 0 radical (unpaired) electrons. The lowest BCUT2D eigenvalue weighted by atomic mass is 10.0. The summed E-state index contributed by atoms with van der Waals surface area (Å²) >= 11 is 2.33. The van der Waals surface area contributed by atoms with Gasteiger partial charge in [0.1, 0.15) is 5.75 Å². The quantitative estimate of drug-likeness (QED) is 0.750. The van der Waals surface area contributed by atoms with E-state index < -0.39 is 0 Å². The summed E-state index contributed by atoms with van der Waals surface area (Å²) in [7, 11) is 1.69. The van der Waals surface area contributed by atoms with Crippen LogP contribution in [-0.4, -0.2) is 7.11 Å². The van der Waals surface area contributed by atoms with Gasteiger partial charge in [-0.15, -0.1) is 0 Å². The van der Waals surface area contributed by atoms with Crippen molar-refractivity contribution in [2.45, 2.75) is 6.92 Å². The summed E-state index contributed by atoms with van der Waals surface area (Å²) in [4.78, 5) is 0. The van der Waals surface area contributed by atoms with E-state index in [-0.39, 0.29) is 0 Å². The van der Waals surface area contributed by atoms with Crippen LogP contribution >= 0.6 is 22.6 Å². The lowest BCUT2D eigenvalue weighted by Crippen LogP contribution is -1.86. The van der Waals surface area contributed by atoms with E-state index in [1.165, 1.54) is 20.3 Å². The van der Waals surface area contributed by atoms with Gasteiger partial charge in [0.15, 0.2) is 0 Å². The molecule has 0 heterocycles. The highest BCUT2D eigenvalue weighted by atomic mass is 127. The van der Waals surface area contributed by atoms with Gasteiger partial charge >= 0.3 is 0 Å². The molecule has 82 valence electrons. The molecule has 2 aromatic carbocycles. The van der Waals surface area contributed by atoms with Gasteiger partial charge in [0.05, 0.1) is 7.11 Å². The van der Waals surface area contributed by atoms with Gasteiger partial charge in [-0.25, -0.2) is 0 Å². The van der Waals surface area contributed by atoms with E-state index in [2.05, 4.69) is 59.8 Å². The van der Waals surface area contributed by atoms with E-state index in [1.54, 1.807) is 7.11 Å². The summed E-state index contributed by atoms with van der Waals surface area (Å²) in [6.45, 7) is 2.14. The summed E-state index contributed by atoms with van der Waals surface area (Å²) in [6.07, 6.45) is 0. The van der Waals surface area contributed by atoms with Gasteiger partial charge < -0.3 is 4.74 Å². The molecule has 0 aromatic heterocycles. The van der Waals surface area contributed by atoms with E-state index in [1.807, 2.05) is 12.1 Å². The zero-order valence-electron chi connectivity index (χ0n) is 9.33. The Kier molecular flexibility index (Phi) is 3.49. The first-order chi connectivity index (χ1) is 7.70. The number of rotatable bonds is 2. The summed E-state index contributed by atoms with van der Waals surface area (Å²) < 4.78 is 6.50. The van der Waals surface area contributed by atoms with Crippen molar-refractivity contribution < 1.29 is 4.74 Å². The molecule has 0 saturated carbocycles. The summed E-state index contributed by atoms with van der Waals surface area (Å²) in [6, 6.07) is 14.6. The number of halogens is 1. The molecule has 0 aliphatic heterocycles. The van der Waals surface area contributed by atoms with Crippen LogP contribution < -0.4 is 4.74 Å². The van der Waals surface area contributed by atoms with E-state index in [9.17, 15) is 0 Å². The van der Waals surface area contributed by atoms with Gasteiger partial charge in [0, 0.05) is 3.57 Å². The minimum atomic E-state index is 0.899. The van der Waals surface area contributed by atoms with Crippen molar-refractivity contribution >= 4 is 22.6 Å². The number of aryl methyl sites for hydroxylation is 1.